The summed E-state index contributed by atoms with van der Waals surface area (Å²) in [5.74, 6) is 0. The van der Waals surface area contributed by atoms with E-state index in [9.17, 15) is 0 Å². The Bertz CT molecular complexity index is 381. The van der Waals surface area contributed by atoms with Crippen LogP contribution in [0.2, 0.25) is 0 Å². The first-order valence-electron chi connectivity index (χ1n) is 3.45. The average molecular weight is 324 g/mol. The fourth-order valence-corrected chi connectivity index (χ4v) is 2.75. The molecule has 0 amide bonds. The normalized spacial score (nSPS) is 9.54. The summed E-state index contributed by atoms with van der Waals surface area (Å²) in [6, 6.07) is 4.06. The van der Waals surface area contributed by atoms with Gasteiger partial charge in [0, 0.05) is 10.3 Å². The molecule has 2 rings (SSSR count). The van der Waals surface area contributed by atoms with E-state index < -0.39 is 0 Å². The molecule has 0 spiro atoms. The minimum Gasteiger partial charge on any atom is -0.396 e. The van der Waals surface area contributed by atoms with Crippen molar-refractivity contribution in [3.63, 3.8) is 0 Å². The minimum atomic E-state index is 0. The second-order valence-corrected chi connectivity index (χ2v) is 4.24. The molecule has 2 aromatic heterocycles. The van der Waals surface area contributed by atoms with E-state index in [0.717, 1.165) is 4.88 Å². The monoisotopic (exact) mass is 324 g/mol. The third-order valence-corrected chi connectivity index (χ3v) is 3.67. The van der Waals surface area contributed by atoms with Gasteiger partial charge in [-0.25, -0.2) is 0 Å². The summed E-state index contributed by atoms with van der Waals surface area (Å²) in [6.07, 6.45) is 0. The third kappa shape index (κ3) is 1.97. The van der Waals surface area contributed by atoms with E-state index in [0.29, 0.717) is 11.4 Å². The molecule has 5 heteroatoms. The van der Waals surface area contributed by atoms with Crippen LogP contribution in [-0.4, -0.2) is 0 Å². The molecule has 0 fully saturated rings. The van der Waals surface area contributed by atoms with Crippen molar-refractivity contribution in [2.45, 2.75) is 0 Å². The molecule has 2 nitrogen and oxygen atoms in total. The molecule has 4 N–H and O–H groups in total. The Morgan fingerprint density at radius 2 is 1.92 bits per heavy atom. The Hall–Kier alpha value is -0.270. The highest BCUT2D eigenvalue weighted by Gasteiger charge is 2.07. The molecule has 0 aliphatic carbocycles. The molecule has 0 bridgehead atoms. The van der Waals surface area contributed by atoms with Crippen LogP contribution >= 0.6 is 46.7 Å². The molecule has 0 saturated carbocycles. The quantitative estimate of drug-likeness (QED) is 0.791. The summed E-state index contributed by atoms with van der Waals surface area (Å²) in [5, 5.41) is 3.91. The number of hydrogen-bond acceptors (Lipinski definition) is 4. The molecule has 0 radical (unpaired) electrons. The number of nitrogen functional groups attached to an aromatic ring is 2. The molecule has 0 unspecified atom stereocenters. The highest BCUT2D eigenvalue weighted by Crippen LogP contribution is 2.38. The number of anilines is 2. The summed E-state index contributed by atoms with van der Waals surface area (Å²) in [7, 11) is 0. The average Bonchev–Trinajstić information content (AvgIpc) is 2.64. The van der Waals surface area contributed by atoms with Crippen molar-refractivity contribution in [2.24, 2.45) is 0 Å². The smallest absolute Gasteiger partial charge is 0.0745 e. The number of rotatable bonds is 1. The maximum atomic E-state index is 5.79. The maximum Gasteiger partial charge on any atom is 0.0745 e. The van der Waals surface area contributed by atoms with Gasteiger partial charge in [-0.15, -0.1) is 46.7 Å². The maximum absolute atomic E-state index is 5.79. The zero-order valence-electron chi connectivity index (χ0n) is 6.69. The Balaban J connectivity index is 0.000000845. The minimum absolute atomic E-state index is 0. The summed E-state index contributed by atoms with van der Waals surface area (Å²) >= 11 is 3.27. The van der Waals surface area contributed by atoms with Crippen molar-refractivity contribution in [3.05, 3.63) is 22.9 Å². The molecule has 0 aromatic carbocycles. The summed E-state index contributed by atoms with van der Waals surface area (Å²) in [6.45, 7) is 0. The van der Waals surface area contributed by atoms with Gasteiger partial charge in [0.15, 0.2) is 0 Å². The Morgan fingerprint density at radius 3 is 2.38 bits per heavy atom. The Morgan fingerprint density at radius 1 is 1.15 bits per heavy atom. The first-order valence-corrected chi connectivity index (χ1v) is 5.21. The first kappa shape index (κ1) is 10.8. The number of nitrogens with two attached hydrogens (primary N) is 2. The fraction of sp³-hybridized carbons (Fsp3) is 0. The van der Waals surface area contributed by atoms with Crippen LogP contribution in [0.1, 0.15) is 0 Å². The van der Waals surface area contributed by atoms with Gasteiger partial charge in [0.25, 0.3) is 0 Å². The van der Waals surface area contributed by atoms with Crippen molar-refractivity contribution < 1.29 is 0 Å². The van der Waals surface area contributed by atoms with Crippen molar-refractivity contribution in [1.29, 1.82) is 0 Å². The lowest BCUT2D eigenvalue weighted by Gasteiger charge is -1.94. The zero-order valence-corrected chi connectivity index (χ0v) is 10.7. The molecule has 2 aromatic rings. The van der Waals surface area contributed by atoms with Crippen LogP contribution in [0.4, 0.5) is 11.4 Å². The van der Waals surface area contributed by atoms with E-state index in [1.807, 2.05) is 22.9 Å². The second-order valence-electron chi connectivity index (χ2n) is 2.41. The van der Waals surface area contributed by atoms with Crippen molar-refractivity contribution >= 4 is 58.0 Å². The van der Waals surface area contributed by atoms with Gasteiger partial charge < -0.3 is 11.5 Å². The largest absolute Gasteiger partial charge is 0.396 e. The predicted molar refractivity (Wildman–Crippen MR) is 71.9 cm³/mol. The van der Waals surface area contributed by atoms with Gasteiger partial charge in [-0.1, -0.05) is 6.07 Å². The fourth-order valence-electron chi connectivity index (χ4n) is 0.979. The predicted octanol–water partition coefficient (Wildman–Crippen LogP) is 3.26. The molecule has 0 atom stereocenters. The van der Waals surface area contributed by atoms with Crippen LogP contribution in [0.3, 0.4) is 0 Å². The van der Waals surface area contributed by atoms with E-state index in [4.69, 9.17) is 11.5 Å². The van der Waals surface area contributed by atoms with Crippen molar-refractivity contribution in [3.8, 4) is 9.75 Å². The zero-order chi connectivity index (χ0) is 8.55. The van der Waals surface area contributed by atoms with Gasteiger partial charge in [0.2, 0.25) is 0 Å². The second kappa shape index (κ2) is 4.30. The molecule has 2 heterocycles. The SMILES string of the molecule is I.Nc1csc(-c2cccs2)c1N. The number of halogens is 1. The molecule has 0 aliphatic heterocycles. The van der Waals surface area contributed by atoms with Crippen LogP contribution in [0.25, 0.3) is 9.75 Å². The van der Waals surface area contributed by atoms with E-state index in [2.05, 4.69) is 0 Å². The third-order valence-electron chi connectivity index (χ3n) is 1.60. The highest BCUT2D eigenvalue weighted by molar-refractivity contribution is 14.0. The van der Waals surface area contributed by atoms with Crippen LogP contribution < -0.4 is 11.5 Å². The summed E-state index contributed by atoms with van der Waals surface area (Å²) < 4.78 is 0. The number of thiophene rings is 2. The van der Waals surface area contributed by atoms with Gasteiger partial charge >= 0.3 is 0 Å². The van der Waals surface area contributed by atoms with Gasteiger partial charge in [-0.05, 0) is 11.4 Å². The van der Waals surface area contributed by atoms with Crippen LogP contribution in [0.5, 0.6) is 0 Å². The topological polar surface area (TPSA) is 52.0 Å². The standard InChI is InChI=1S/C8H8N2S2.HI/c9-5-4-12-8(7(5)10)6-2-1-3-11-6;/h1-4H,9-10H2;1H. The highest BCUT2D eigenvalue weighted by atomic mass is 127. The summed E-state index contributed by atoms with van der Waals surface area (Å²) in [5.41, 5.74) is 12.8. The number of hydrogen-bond donors (Lipinski definition) is 2. The lowest BCUT2D eigenvalue weighted by atomic mass is 10.3. The van der Waals surface area contributed by atoms with E-state index in [1.165, 1.54) is 4.88 Å². The van der Waals surface area contributed by atoms with E-state index in [1.54, 1.807) is 22.7 Å². The van der Waals surface area contributed by atoms with E-state index in [-0.39, 0.29) is 24.0 Å². The lowest BCUT2D eigenvalue weighted by Crippen LogP contribution is -1.90. The summed E-state index contributed by atoms with van der Waals surface area (Å²) in [4.78, 5) is 2.27. The lowest BCUT2D eigenvalue weighted by molar-refractivity contribution is 1.81. The Kier molecular flexibility index (Phi) is 3.57. The van der Waals surface area contributed by atoms with Gasteiger partial charge in [0.05, 0.1) is 16.3 Å². The Labute approximate surface area is 102 Å². The molecular formula is C8H9IN2S2. The van der Waals surface area contributed by atoms with Crippen LogP contribution in [0, 0.1) is 0 Å². The first-order chi connectivity index (χ1) is 5.79. The molecular weight excluding hydrogens is 315 g/mol. The van der Waals surface area contributed by atoms with Crippen molar-refractivity contribution in [2.75, 3.05) is 11.5 Å². The van der Waals surface area contributed by atoms with Gasteiger partial charge in [-0.2, -0.15) is 0 Å². The van der Waals surface area contributed by atoms with Gasteiger partial charge in [-0.3, -0.25) is 0 Å². The van der Waals surface area contributed by atoms with E-state index >= 15 is 0 Å². The van der Waals surface area contributed by atoms with Crippen LogP contribution in [-0.2, 0) is 0 Å². The molecule has 70 valence electrons. The molecule has 0 aliphatic rings. The van der Waals surface area contributed by atoms with Crippen molar-refractivity contribution in [1.82, 2.24) is 0 Å². The molecule has 13 heavy (non-hydrogen) atoms. The van der Waals surface area contributed by atoms with Crippen LogP contribution in [0.15, 0.2) is 22.9 Å². The molecule has 0 saturated heterocycles. The van der Waals surface area contributed by atoms with Gasteiger partial charge in [0.1, 0.15) is 0 Å².